The maximum atomic E-state index is 12.2. The molecule has 104 valence electrons. The van der Waals surface area contributed by atoms with Crippen LogP contribution in [-0.2, 0) is 14.3 Å². The van der Waals surface area contributed by atoms with Crippen molar-refractivity contribution < 1.29 is 14.3 Å². The first-order valence-corrected chi connectivity index (χ1v) is 6.79. The summed E-state index contributed by atoms with van der Waals surface area (Å²) in [6.07, 6.45) is -0.168. The van der Waals surface area contributed by atoms with Crippen LogP contribution in [-0.4, -0.2) is 18.4 Å². The Morgan fingerprint density at radius 3 is 2.55 bits per heavy atom. The minimum Gasteiger partial charge on any atom is -0.466 e. The van der Waals surface area contributed by atoms with Gasteiger partial charge >= 0.3 is 5.97 Å². The highest BCUT2D eigenvalue weighted by Gasteiger charge is 2.20. The Morgan fingerprint density at radius 2 is 1.80 bits per heavy atom. The Morgan fingerprint density at radius 1 is 1.10 bits per heavy atom. The highest BCUT2D eigenvalue weighted by atomic mass is 16.5. The largest absolute Gasteiger partial charge is 0.466 e. The van der Waals surface area contributed by atoms with Crippen molar-refractivity contribution >= 4 is 22.5 Å². The van der Waals surface area contributed by atoms with E-state index in [4.69, 9.17) is 4.74 Å². The third-order valence-electron chi connectivity index (χ3n) is 3.40. The summed E-state index contributed by atoms with van der Waals surface area (Å²) in [6.45, 7) is 3.87. The molecule has 0 unspecified atom stereocenters. The molecular formula is C17H18O3. The van der Waals surface area contributed by atoms with Crippen molar-refractivity contribution in [2.45, 2.75) is 26.2 Å². The number of benzene rings is 2. The summed E-state index contributed by atoms with van der Waals surface area (Å²) < 4.78 is 4.83. The molecule has 0 amide bonds. The third kappa shape index (κ3) is 3.05. The Balaban J connectivity index is 2.25. The van der Waals surface area contributed by atoms with Crippen LogP contribution in [0.3, 0.4) is 0 Å². The number of Topliss-reactive ketones (excluding diaryl/α,β-unsaturated/α-hetero) is 1. The van der Waals surface area contributed by atoms with E-state index < -0.39 is 5.97 Å². The molecule has 0 aliphatic rings. The van der Waals surface area contributed by atoms with Crippen LogP contribution >= 0.6 is 0 Å². The first-order chi connectivity index (χ1) is 9.63. The van der Waals surface area contributed by atoms with Crippen molar-refractivity contribution in [3.05, 3.63) is 48.0 Å². The van der Waals surface area contributed by atoms with Gasteiger partial charge in [-0.1, -0.05) is 49.4 Å². The molecule has 0 saturated carbocycles. The van der Waals surface area contributed by atoms with Gasteiger partial charge in [-0.2, -0.15) is 0 Å². The molecule has 3 heteroatoms. The van der Waals surface area contributed by atoms with Crippen LogP contribution in [0.4, 0.5) is 0 Å². The number of ether oxygens (including phenoxy) is 1. The lowest BCUT2D eigenvalue weighted by atomic mass is 9.90. The van der Waals surface area contributed by atoms with Gasteiger partial charge in [0.25, 0.3) is 0 Å². The van der Waals surface area contributed by atoms with Crippen LogP contribution in [0.25, 0.3) is 10.8 Å². The third-order valence-corrected chi connectivity index (χ3v) is 3.40. The van der Waals surface area contributed by atoms with E-state index in [1.807, 2.05) is 49.4 Å². The van der Waals surface area contributed by atoms with Crippen LogP contribution in [0.1, 0.15) is 31.7 Å². The molecular weight excluding hydrogens is 252 g/mol. The quantitative estimate of drug-likeness (QED) is 0.617. The van der Waals surface area contributed by atoms with E-state index in [9.17, 15) is 9.59 Å². The summed E-state index contributed by atoms with van der Waals surface area (Å²) in [7, 11) is 0. The molecule has 0 saturated heterocycles. The predicted molar refractivity (Wildman–Crippen MR) is 78.6 cm³/mol. The lowest BCUT2D eigenvalue weighted by Crippen LogP contribution is -2.16. The first kappa shape index (κ1) is 14.3. The van der Waals surface area contributed by atoms with Gasteiger partial charge in [-0.3, -0.25) is 9.59 Å². The van der Waals surface area contributed by atoms with E-state index in [1.165, 1.54) is 0 Å². The normalized spacial score (nSPS) is 12.1. The molecule has 0 aliphatic carbocycles. The van der Waals surface area contributed by atoms with Gasteiger partial charge in [-0.05, 0) is 23.3 Å². The van der Waals surface area contributed by atoms with Gasteiger partial charge in [0.05, 0.1) is 6.61 Å². The fraction of sp³-hybridized carbons (Fsp3) is 0.294. The molecule has 2 rings (SSSR count). The van der Waals surface area contributed by atoms with Crippen LogP contribution in [0.15, 0.2) is 42.5 Å². The Labute approximate surface area is 118 Å². The number of hydrogen-bond donors (Lipinski definition) is 0. The van der Waals surface area contributed by atoms with Gasteiger partial charge in [0, 0.05) is 5.92 Å². The zero-order chi connectivity index (χ0) is 14.5. The molecule has 0 N–H and O–H groups in total. The summed E-state index contributed by atoms with van der Waals surface area (Å²) in [6, 6.07) is 13.8. The lowest BCUT2D eigenvalue weighted by molar-refractivity contribution is -0.145. The number of rotatable bonds is 5. The number of ketones is 1. The average Bonchev–Trinajstić information content (AvgIpc) is 2.46. The minimum absolute atomic E-state index is 0.111. The van der Waals surface area contributed by atoms with E-state index in [0.29, 0.717) is 6.61 Å². The highest BCUT2D eigenvalue weighted by Crippen LogP contribution is 2.26. The van der Waals surface area contributed by atoms with Gasteiger partial charge in [-0.15, -0.1) is 0 Å². The summed E-state index contributed by atoms with van der Waals surface area (Å²) in [5.74, 6) is -0.880. The second-order valence-corrected chi connectivity index (χ2v) is 4.74. The molecule has 0 spiro atoms. The fourth-order valence-electron chi connectivity index (χ4n) is 2.31. The second kappa shape index (κ2) is 6.33. The smallest absolute Gasteiger partial charge is 0.313 e. The van der Waals surface area contributed by atoms with Gasteiger partial charge in [-0.25, -0.2) is 0 Å². The van der Waals surface area contributed by atoms with Crippen LogP contribution in [0.5, 0.6) is 0 Å². The van der Waals surface area contributed by atoms with E-state index in [0.717, 1.165) is 16.3 Å². The number of esters is 1. The van der Waals surface area contributed by atoms with Gasteiger partial charge in [0.1, 0.15) is 6.42 Å². The molecule has 0 heterocycles. The zero-order valence-electron chi connectivity index (χ0n) is 11.8. The van der Waals surface area contributed by atoms with Crippen molar-refractivity contribution in [3.8, 4) is 0 Å². The van der Waals surface area contributed by atoms with Crippen molar-refractivity contribution in [1.29, 1.82) is 0 Å². The molecule has 0 bridgehead atoms. The van der Waals surface area contributed by atoms with E-state index in [1.54, 1.807) is 6.92 Å². The maximum absolute atomic E-state index is 12.2. The maximum Gasteiger partial charge on any atom is 0.313 e. The van der Waals surface area contributed by atoms with Gasteiger partial charge in [0.15, 0.2) is 5.78 Å². The monoisotopic (exact) mass is 270 g/mol. The SMILES string of the molecule is CCOC(=O)CC(=O)[C@H](C)c1cccc2ccccc12. The van der Waals surface area contributed by atoms with E-state index >= 15 is 0 Å². The Kier molecular flexibility index (Phi) is 4.51. The van der Waals surface area contributed by atoms with E-state index in [-0.39, 0.29) is 18.1 Å². The summed E-state index contributed by atoms with van der Waals surface area (Å²) in [5.41, 5.74) is 0.956. The topological polar surface area (TPSA) is 43.4 Å². The second-order valence-electron chi connectivity index (χ2n) is 4.74. The van der Waals surface area contributed by atoms with Crippen molar-refractivity contribution in [1.82, 2.24) is 0 Å². The predicted octanol–water partition coefficient (Wildman–Crippen LogP) is 3.47. The number of carbonyl (C=O) groups is 2. The van der Waals surface area contributed by atoms with Gasteiger partial charge in [0.2, 0.25) is 0 Å². The van der Waals surface area contributed by atoms with Crippen LogP contribution < -0.4 is 0 Å². The average molecular weight is 270 g/mol. The lowest BCUT2D eigenvalue weighted by Gasteiger charge is -2.13. The molecule has 20 heavy (non-hydrogen) atoms. The van der Waals surface area contributed by atoms with Crippen molar-refractivity contribution in [3.63, 3.8) is 0 Å². The summed E-state index contributed by atoms with van der Waals surface area (Å²) in [4.78, 5) is 23.6. The van der Waals surface area contributed by atoms with Crippen LogP contribution in [0, 0.1) is 0 Å². The van der Waals surface area contributed by atoms with Crippen molar-refractivity contribution in [2.24, 2.45) is 0 Å². The molecule has 0 aliphatic heterocycles. The first-order valence-electron chi connectivity index (χ1n) is 6.79. The molecule has 3 nitrogen and oxygen atoms in total. The van der Waals surface area contributed by atoms with Crippen LogP contribution in [0.2, 0.25) is 0 Å². The number of carbonyl (C=O) groups excluding carboxylic acids is 2. The number of fused-ring (bicyclic) bond motifs is 1. The summed E-state index contributed by atoms with van der Waals surface area (Å²) >= 11 is 0. The summed E-state index contributed by atoms with van der Waals surface area (Å²) in [5, 5.41) is 2.15. The molecule has 0 radical (unpaired) electrons. The van der Waals surface area contributed by atoms with Gasteiger partial charge < -0.3 is 4.74 Å². The van der Waals surface area contributed by atoms with Crippen molar-refractivity contribution in [2.75, 3.05) is 6.61 Å². The Bertz CT molecular complexity index is 626. The molecule has 0 fully saturated rings. The Hall–Kier alpha value is -2.16. The molecule has 0 aromatic heterocycles. The highest BCUT2D eigenvalue weighted by molar-refractivity contribution is 6.01. The fourth-order valence-corrected chi connectivity index (χ4v) is 2.31. The number of hydrogen-bond acceptors (Lipinski definition) is 3. The molecule has 2 aromatic rings. The zero-order valence-corrected chi connectivity index (χ0v) is 11.8. The molecule has 2 aromatic carbocycles. The van der Waals surface area contributed by atoms with E-state index in [2.05, 4.69) is 0 Å². The minimum atomic E-state index is -0.454. The molecule has 1 atom stereocenters. The standard InChI is InChI=1S/C17H18O3/c1-3-20-17(19)11-16(18)12(2)14-10-6-8-13-7-4-5-9-15(13)14/h4-10,12H,3,11H2,1-2H3/t12-/m1/s1.